The van der Waals surface area contributed by atoms with Crippen LogP contribution in [0.2, 0.25) is 0 Å². The van der Waals surface area contributed by atoms with Gasteiger partial charge >= 0.3 is 0 Å². The highest BCUT2D eigenvalue weighted by Gasteiger charge is 2.34. The molecule has 0 amide bonds. The molecule has 0 unspecified atom stereocenters. The van der Waals surface area contributed by atoms with Crippen molar-refractivity contribution in [3.8, 4) is 0 Å². The van der Waals surface area contributed by atoms with Crippen molar-refractivity contribution < 1.29 is 0 Å². The molecule has 1 aromatic heterocycles. The van der Waals surface area contributed by atoms with Crippen LogP contribution in [0.15, 0.2) is 6.33 Å². The molecule has 4 heteroatoms. The monoisotopic (exact) mass is 239 g/mol. The Balaban J connectivity index is 2.14. The van der Waals surface area contributed by atoms with E-state index in [-0.39, 0.29) is 0 Å². The summed E-state index contributed by atoms with van der Waals surface area (Å²) in [5.41, 5.74) is 0.469. The van der Waals surface area contributed by atoms with Gasteiger partial charge in [-0.3, -0.25) is 5.10 Å². The molecule has 2 rings (SSSR count). The maximum atomic E-state index is 5.23. The summed E-state index contributed by atoms with van der Waals surface area (Å²) in [5, 5.41) is 6.85. The first-order valence-electron chi connectivity index (χ1n) is 6.21. The molecule has 0 aromatic carbocycles. The van der Waals surface area contributed by atoms with Crippen molar-refractivity contribution in [2.75, 3.05) is 0 Å². The summed E-state index contributed by atoms with van der Waals surface area (Å²) in [4.78, 5) is 0. The lowest BCUT2D eigenvalue weighted by molar-refractivity contribution is 0.196. The lowest BCUT2D eigenvalue weighted by atomic mass is 9.78. The van der Waals surface area contributed by atoms with Crippen molar-refractivity contribution >= 4 is 12.2 Å². The predicted octanol–water partition coefficient (Wildman–Crippen LogP) is 3.55. The highest BCUT2D eigenvalue weighted by Crippen LogP contribution is 2.44. The first-order chi connectivity index (χ1) is 7.61. The third kappa shape index (κ3) is 2.54. The van der Waals surface area contributed by atoms with Gasteiger partial charge in [-0.1, -0.05) is 26.7 Å². The Kier molecular flexibility index (Phi) is 3.47. The van der Waals surface area contributed by atoms with Gasteiger partial charge in [-0.05, 0) is 42.8 Å². The average molecular weight is 239 g/mol. The van der Waals surface area contributed by atoms with Gasteiger partial charge < -0.3 is 4.57 Å². The van der Waals surface area contributed by atoms with Gasteiger partial charge in [0.05, 0.1) is 0 Å². The van der Waals surface area contributed by atoms with Gasteiger partial charge in [0.25, 0.3) is 0 Å². The first kappa shape index (κ1) is 11.8. The van der Waals surface area contributed by atoms with Crippen molar-refractivity contribution in [2.24, 2.45) is 11.3 Å². The molecule has 0 atom stereocenters. The van der Waals surface area contributed by atoms with Gasteiger partial charge in [0.2, 0.25) is 0 Å². The molecular formula is C12H21N3S. The zero-order valence-corrected chi connectivity index (χ0v) is 11.0. The van der Waals surface area contributed by atoms with Crippen LogP contribution < -0.4 is 0 Å². The van der Waals surface area contributed by atoms with Crippen LogP contribution in [-0.4, -0.2) is 14.8 Å². The SMILES string of the molecule is CC(C)CC1(Cn2cn[nH]c2=S)CCCC1. The van der Waals surface area contributed by atoms with E-state index in [4.69, 9.17) is 12.2 Å². The Bertz CT molecular complexity index is 385. The number of H-pyrrole nitrogens is 1. The lowest BCUT2D eigenvalue weighted by Gasteiger charge is -2.31. The molecule has 0 saturated heterocycles. The Morgan fingerprint density at radius 1 is 1.50 bits per heavy atom. The predicted molar refractivity (Wildman–Crippen MR) is 67.8 cm³/mol. The number of nitrogens with one attached hydrogen (secondary N) is 1. The Hall–Kier alpha value is -0.640. The van der Waals surface area contributed by atoms with Gasteiger partial charge in [-0.15, -0.1) is 0 Å². The molecule has 1 N–H and O–H groups in total. The minimum Gasteiger partial charge on any atom is -0.306 e. The van der Waals surface area contributed by atoms with E-state index in [1.54, 1.807) is 0 Å². The molecule has 0 bridgehead atoms. The Morgan fingerprint density at radius 3 is 2.69 bits per heavy atom. The summed E-state index contributed by atoms with van der Waals surface area (Å²) in [6.45, 7) is 5.67. The second kappa shape index (κ2) is 4.70. The molecule has 16 heavy (non-hydrogen) atoms. The molecule has 0 aliphatic heterocycles. The van der Waals surface area contributed by atoms with Gasteiger partial charge in [0.1, 0.15) is 6.33 Å². The van der Waals surface area contributed by atoms with E-state index in [0.29, 0.717) is 5.41 Å². The second-order valence-electron chi connectivity index (χ2n) is 5.59. The number of rotatable bonds is 4. The zero-order valence-electron chi connectivity index (χ0n) is 10.2. The van der Waals surface area contributed by atoms with Crippen molar-refractivity contribution in [3.05, 3.63) is 11.1 Å². The van der Waals surface area contributed by atoms with E-state index in [0.717, 1.165) is 17.2 Å². The van der Waals surface area contributed by atoms with E-state index in [1.807, 2.05) is 6.33 Å². The second-order valence-corrected chi connectivity index (χ2v) is 5.98. The van der Waals surface area contributed by atoms with Crippen LogP contribution in [0.5, 0.6) is 0 Å². The summed E-state index contributed by atoms with van der Waals surface area (Å²) >= 11 is 5.23. The van der Waals surface area contributed by atoms with Crippen LogP contribution in [0.25, 0.3) is 0 Å². The van der Waals surface area contributed by atoms with Crippen molar-refractivity contribution in [1.82, 2.24) is 14.8 Å². The molecule has 1 aliphatic rings. The quantitative estimate of drug-likeness (QED) is 0.815. The zero-order chi connectivity index (χ0) is 11.6. The molecule has 1 heterocycles. The summed E-state index contributed by atoms with van der Waals surface area (Å²) in [6, 6.07) is 0. The van der Waals surface area contributed by atoms with E-state index < -0.39 is 0 Å². The molecule has 1 aromatic rings. The largest absolute Gasteiger partial charge is 0.306 e. The van der Waals surface area contributed by atoms with Gasteiger partial charge in [-0.2, -0.15) is 5.10 Å². The topological polar surface area (TPSA) is 33.6 Å². The number of hydrogen-bond acceptors (Lipinski definition) is 2. The number of hydrogen-bond donors (Lipinski definition) is 1. The molecule has 1 saturated carbocycles. The van der Waals surface area contributed by atoms with E-state index in [9.17, 15) is 0 Å². The maximum Gasteiger partial charge on any atom is 0.194 e. The fourth-order valence-corrected chi connectivity index (χ4v) is 3.33. The summed E-state index contributed by atoms with van der Waals surface area (Å²) in [6.07, 6.45) is 8.58. The van der Waals surface area contributed by atoms with Crippen molar-refractivity contribution in [1.29, 1.82) is 0 Å². The van der Waals surface area contributed by atoms with Gasteiger partial charge in [0.15, 0.2) is 4.77 Å². The van der Waals surface area contributed by atoms with Gasteiger partial charge in [-0.25, -0.2) is 0 Å². The van der Waals surface area contributed by atoms with Crippen LogP contribution >= 0.6 is 12.2 Å². The molecular weight excluding hydrogens is 218 g/mol. The Morgan fingerprint density at radius 2 is 2.19 bits per heavy atom. The Labute approximate surface area is 102 Å². The highest BCUT2D eigenvalue weighted by molar-refractivity contribution is 7.71. The molecule has 0 spiro atoms. The third-order valence-electron chi connectivity index (χ3n) is 3.63. The van der Waals surface area contributed by atoms with Crippen molar-refractivity contribution in [3.63, 3.8) is 0 Å². The molecule has 90 valence electrons. The fourth-order valence-electron chi connectivity index (χ4n) is 3.16. The third-order valence-corrected chi connectivity index (χ3v) is 3.96. The average Bonchev–Trinajstić information content (AvgIpc) is 2.77. The van der Waals surface area contributed by atoms with Crippen LogP contribution in [-0.2, 0) is 6.54 Å². The van der Waals surface area contributed by atoms with Crippen LogP contribution in [0.1, 0.15) is 46.0 Å². The van der Waals surface area contributed by atoms with E-state index >= 15 is 0 Å². The molecule has 1 aliphatic carbocycles. The van der Waals surface area contributed by atoms with Crippen LogP contribution in [0.3, 0.4) is 0 Å². The molecule has 1 fully saturated rings. The normalized spacial score (nSPS) is 19.4. The number of aromatic nitrogens is 3. The molecule has 3 nitrogen and oxygen atoms in total. The maximum absolute atomic E-state index is 5.23. The minimum atomic E-state index is 0.469. The summed E-state index contributed by atoms with van der Waals surface area (Å²) < 4.78 is 2.86. The van der Waals surface area contributed by atoms with Crippen LogP contribution in [0.4, 0.5) is 0 Å². The molecule has 0 radical (unpaired) electrons. The standard InChI is InChI=1S/C12H21N3S/c1-10(2)7-12(5-3-4-6-12)8-15-9-13-14-11(15)16/h9-10H,3-8H2,1-2H3,(H,14,16). The van der Waals surface area contributed by atoms with Crippen LogP contribution in [0, 0.1) is 16.1 Å². The fraction of sp³-hybridized carbons (Fsp3) is 0.833. The minimum absolute atomic E-state index is 0.469. The number of nitrogens with zero attached hydrogens (tertiary/aromatic N) is 2. The van der Waals surface area contributed by atoms with Gasteiger partial charge in [0, 0.05) is 6.54 Å². The summed E-state index contributed by atoms with van der Waals surface area (Å²) in [5.74, 6) is 0.763. The van der Waals surface area contributed by atoms with E-state index in [2.05, 4.69) is 28.6 Å². The highest BCUT2D eigenvalue weighted by atomic mass is 32.1. The van der Waals surface area contributed by atoms with Crippen molar-refractivity contribution in [2.45, 2.75) is 52.5 Å². The number of aromatic amines is 1. The first-order valence-corrected chi connectivity index (χ1v) is 6.62. The summed E-state index contributed by atoms with van der Waals surface area (Å²) in [7, 11) is 0. The smallest absolute Gasteiger partial charge is 0.194 e. The lowest BCUT2D eigenvalue weighted by Crippen LogP contribution is -2.25. The van der Waals surface area contributed by atoms with E-state index in [1.165, 1.54) is 32.1 Å².